The zero-order valence-electron chi connectivity index (χ0n) is 15.9. The Morgan fingerprint density at radius 1 is 1.32 bits per heavy atom. The molecule has 0 amide bonds. The monoisotopic (exact) mass is 458 g/mol. The maximum absolute atomic E-state index is 12.0. The van der Waals surface area contributed by atoms with Crippen molar-refractivity contribution in [3.63, 3.8) is 0 Å². The number of hydrogen-bond acceptors (Lipinski definition) is 12. The lowest BCUT2D eigenvalue weighted by molar-refractivity contribution is -0.759. The number of nitrogens with zero attached hydrogens (tertiary/aromatic N) is 5. The van der Waals surface area contributed by atoms with Gasteiger partial charge in [0.25, 0.3) is 5.09 Å². The summed E-state index contributed by atoms with van der Waals surface area (Å²) in [7, 11) is -4.35. The van der Waals surface area contributed by atoms with Crippen LogP contribution in [-0.2, 0) is 23.2 Å². The van der Waals surface area contributed by atoms with Crippen LogP contribution in [0.4, 0.5) is 5.82 Å². The maximum atomic E-state index is 12.0. The molecule has 168 valence electrons. The molecule has 2 saturated heterocycles. The Morgan fingerprint density at radius 3 is 2.87 bits per heavy atom. The van der Waals surface area contributed by atoms with Crippen LogP contribution < -0.4 is 5.32 Å². The van der Waals surface area contributed by atoms with Crippen molar-refractivity contribution >= 4 is 24.8 Å². The third-order valence-electron chi connectivity index (χ3n) is 5.52. The smallest absolute Gasteiger partial charge is 0.393 e. The molecule has 3 N–H and O–H groups in total. The SMILES string of the molecule is O=[N+]([O-])OC[C@H]1O[C@@H](n2cnc3c(NC4CC[C@H](O)C4)ncnc32)[C@@H]2OP(=O)(O)O[C@@H]21. The number of rotatable bonds is 6. The highest BCUT2D eigenvalue weighted by atomic mass is 31.2. The van der Waals surface area contributed by atoms with Gasteiger partial charge in [-0.2, -0.15) is 0 Å². The molecule has 2 aliphatic heterocycles. The summed E-state index contributed by atoms with van der Waals surface area (Å²) in [6.45, 7) is -0.507. The first-order chi connectivity index (χ1) is 14.8. The van der Waals surface area contributed by atoms with E-state index >= 15 is 0 Å². The second-order valence-corrected chi connectivity index (χ2v) is 8.91. The number of phosphoric acid groups is 1. The zero-order chi connectivity index (χ0) is 21.8. The Balaban J connectivity index is 1.44. The van der Waals surface area contributed by atoms with E-state index in [4.69, 9.17) is 13.8 Å². The van der Waals surface area contributed by atoms with Crippen molar-refractivity contribution in [2.75, 3.05) is 11.9 Å². The number of aromatic nitrogens is 4. The standard InChI is InChI=1S/C15H19N6O9P/c22-8-2-1-7(3-8)19-13-10-14(17-5-16-13)20(6-18-10)15-12-11(29-31(25,26)30-12)9(28-15)4-27-21(23)24/h5-9,11-12,15,22H,1-4H2,(H,25,26)(H,16,17,19)/t7?,8-,9+,11+,12+,15+/m0/s1. The molecule has 16 heteroatoms. The van der Waals surface area contributed by atoms with Crippen molar-refractivity contribution in [3.8, 4) is 0 Å². The minimum Gasteiger partial charge on any atom is -0.393 e. The molecule has 15 nitrogen and oxygen atoms in total. The predicted octanol–water partition coefficient (Wildman–Crippen LogP) is 0.142. The van der Waals surface area contributed by atoms with Crippen molar-refractivity contribution in [1.29, 1.82) is 0 Å². The van der Waals surface area contributed by atoms with Crippen LogP contribution in [0.3, 0.4) is 0 Å². The average Bonchev–Trinajstić information content (AvgIpc) is 3.44. The molecule has 3 fully saturated rings. The maximum Gasteiger partial charge on any atom is 0.473 e. The van der Waals surface area contributed by atoms with Crippen LogP contribution in [0.5, 0.6) is 0 Å². The first-order valence-corrected chi connectivity index (χ1v) is 11.0. The fraction of sp³-hybridized carbons (Fsp3) is 0.667. The summed E-state index contributed by atoms with van der Waals surface area (Å²) in [6.07, 6.45) is 0.355. The normalized spacial score (nSPS) is 37.2. The second kappa shape index (κ2) is 7.62. The van der Waals surface area contributed by atoms with Gasteiger partial charge in [-0.25, -0.2) is 19.5 Å². The number of imidazole rings is 1. The van der Waals surface area contributed by atoms with Gasteiger partial charge in [-0.1, -0.05) is 0 Å². The van der Waals surface area contributed by atoms with Crippen LogP contribution in [-0.4, -0.2) is 71.7 Å². The van der Waals surface area contributed by atoms with Crippen LogP contribution in [0.25, 0.3) is 11.2 Å². The molecule has 2 unspecified atom stereocenters. The highest BCUT2D eigenvalue weighted by molar-refractivity contribution is 7.47. The Labute approximate surface area is 174 Å². The van der Waals surface area contributed by atoms with E-state index in [0.29, 0.717) is 29.8 Å². The summed E-state index contributed by atoms with van der Waals surface area (Å²) in [4.78, 5) is 37.5. The average molecular weight is 458 g/mol. The molecule has 7 atom stereocenters. The fourth-order valence-corrected chi connectivity index (χ4v) is 5.34. The lowest BCUT2D eigenvalue weighted by atomic mass is 10.1. The fourth-order valence-electron chi connectivity index (χ4n) is 4.20. The van der Waals surface area contributed by atoms with E-state index in [1.54, 1.807) is 0 Å². The molecule has 5 rings (SSSR count). The van der Waals surface area contributed by atoms with Crippen molar-refractivity contribution in [3.05, 3.63) is 22.8 Å². The number of nitrogens with one attached hydrogen (secondary N) is 1. The molecule has 1 aliphatic carbocycles. The topological polar surface area (TPSA) is 193 Å². The molecule has 2 aromatic rings. The van der Waals surface area contributed by atoms with Crippen LogP contribution in [0.1, 0.15) is 25.5 Å². The second-order valence-electron chi connectivity index (χ2n) is 7.55. The van der Waals surface area contributed by atoms with Crippen LogP contribution in [0, 0.1) is 10.1 Å². The van der Waals surface area contributed by atoms with Gasteiger partial charge in [0.2, 0.25) is 0 Å². The van der Waals surface area contributed by atoms with Crippen molar-refractivity contribution in [2.45, 2.75) is 55.9 Å². The van der Waals surface area contributed by atoms with E-state index in [0.717, 1.165) is 6.42 Å². The van der Waals surface area contributed by atoms with Gasteiger partial charge in [-0.05, 0) is 19.3 Å². The van der Waals surface area contributed by atoms with Crippen molar-refractivity contribution < 1.29 is 38.3 Å². The molecule has 0 aromatic carbocycles. The number of ether oxygens (including phenoxy) is 1. The molecule has 0 bridgehead atoms. The third kappa shape index (κ3) is 3.84. The summed E-state index contributed by atoms with van der Waals surface area (Å²) in [6, 6.07) is 0.0425. The third-order valence-corrected chi connectivity index (χ3v) is 6.54. The van der Waals surface area contributed by atoms with Gasteiger partial charge < -0.3 is 24.9 Å². The summed E-state index contributed by atoms with van der Waals surface area (Å²) >= 11 is 0. The quantitative estimate of drug-likeness (QED) is 0.301. The minimum absolute atomic E-state index is 0.0425. The van der Waals surface area contributed by atoms with Gasteiger partial charge in [-0.15, -0.1) is 10.1 Å². The van der Waals surface area contributed by atoms with Gasteiger partial charge in [0, 0.05) is 6.04 Å². The molecule has 2 aromatic heterocycles. The first-order valence-electron chi connectivity index (χ1n) is 9.55. The molecule has 4 heterocycles. The largest absolute Gasteiger partial charge is 0.473 e. The van der Waals surface area contributed by atoms with Crippen LogP contribution >= 0.6 is 7.82 Å². The zero-order valence-corrected chi connectivity index (χ0v) is 16.8. The predicted molar refractivity (Wildman–Crippen MR) is 99.0 cm³/mol. The Hall–Kier alpha value is -2.42. The Bertz CT molecular complexity index is 1050. The molecule has 0 spiro atoms. The van der Waals surface area contributed by atoms with E-state index in [1.165, 1.54) is 17.2 Å². The number of hydrogen-bond donors (Lipinski definition) is 3. The number of anilines is 1. The molecule has 31 heavy (non-hydrogen) atoms. The first kappa shape index (κ1) is 20.5. The van der Waals surface area contributed by atoms with Gasteiger partial charge in [0.1, 0.15) is 31.2 Å². The van der Waals surface area contributed by atoms with Crippen LogP contribution in [0.15, 0.2) is 12.7 Å². The van der Waals surface area contributed by atoms with Gasteiger partial charge in [0.15, 0.2) is 23.2 Å². The molecule has 1 saturated carbocycles. The summed E-state index contributed by atoms with van der Waals surface area (Å²) < 4.78 is 29.5. The van der Waals surface area contributed by atoms with E-state index in [2.05, 4.69) is 25.1 Å². The van der Waals surface area contributed by atoms with Crippen LogP contribution in [0.2, 0.25) is 0 Å². The summed E-state index contributed by atoms with van der Waals surface area (Å²) in [5.41, 5.74) is 0.791. The number of aliphatic hydroxyl groups excluding tert-OH is 1. The summed E-state index contributed by atoms with van der Waals surface area (Å²) in [5, 5.41) is 22.6. The number of fused-ring (bicyclic) bond motifs is 2. The van der Waals surface area contributed by atoms with E-state index in [1.807, 2.05) is 0 Å². The highest BCUT2D eigenvalue weighted by Gasteiger charge is 2.58. The van der Waals surface area contributed by atoms with Crippen molar-refractivity contribution in [1.82, 2.24) is 19.5 Å². The Morgan fingerprint density at radius 2 is 2.13 bits per heavy atom. The van der Waals surface area contributed by atoms with E-state index in [9.17, 15) is 24.7 Å². The number of phosphoric ester groups is 1. The van der Waals surface area contributed by atoms with Crippen molar-refractivity contribution in [2.24, 2.45) is 0 Å². The molecular weight excluding hydrogens is 439 g/mol. The van der Waals surface area contributed by atoms with Gasteiger partial charge in [0.05, 0.1) is 12.4 Å². The lowest BCUT2D eigenvalue weighted by Gasteiger charge is -2.19. The van der Waals surface area contributed by atoms with E-state index < -0.39 is 44.1 Å². The lowest BCUT2D eigenvalue weighted by Crippen LogP contribution is -2.32. The Kier molecular flexibility index (Phi) is 5.03. The summed E-state index contributed by atoms with van der Waals surface area (Å²) in [5.74, 6) is 0.474. The minimum atomic E-state index is -4.35. The van der Waals surface area contributed by atoms with Gasteiger partial charge >= 0.3 is 7.82 Å². The van der Waals surface area contributed by atoms with Gasteiger partial charge in [-0.3, -0.25) is 13.6 Å². The highest BCUT2D eigenvalue weighted by Crippen LogP contribution is 2.58. The van der Waals surface area contributed by atoms with E-state index in [-0.39, 0.29) is 12.1 Å². The molecule has 3 aliphatic rings. The number of aliphatic hydroxyl groups is 1. The molecule has 0 radical (unpaired) electrons. The molecular formula is C15H19N6O9P.